The van der Waals surface area contributed by atoms with Gasteiger partial charge < -0.3 is 9.15 Å². The number of thioether (sulfide) groups is 1. The molecule has 0 atom stereocenters. The van der Waals surface area contributed by atoms with Crippen molar-refractivity contribution in [2.45, 2.75) is 43.8 Å². The molecule has 0 bridgehead atoms. The van der Waals surface area contributed by atoms with Gasteiger partial charge in [-0.1, -0.05) is 35.5 Å². The molecule has 0 fully saturated rings. The fourth-order valence-electron chi connectivity index (χ4n) is 3.14. The van der Waals surface area contributed by atoms with Crippen LogP contribution in [0.15, 0.2) is 62.9 Å². The van der Waals surface area contributed by atoms with Crippen molar-refractivity contribution in [1.29, 1.82) is 0 Å². The lowest BCUT2D eigenvalue weighted by Gasteiger charge is -2.13. The summed E-state index contributed by atoms with van der Waals surface area (Å²) < 4.78 is 13.1. The van der Waals surface area contributed by atoms with Crippen LogP contribution in [0.4, 0.5) is 0 Å². The molecule has 7 nitrogen and oxygen atoms in total. The zero-order chi connectivity index (χ0) is 22.5. The minimum Gasteiger partial charge on any atom is -0.420 e. The number of para-hydroxylation sites is 1. The van der Waals surface area contributed by atoms with Gasteiger partial charge in [0.25, 0.3) is 5.56 Å². The number of fused-ring (bicyclic) bond motifs is 1. The van der Waals surface area contributed by atoms with Crippen molar-refractivity contribution in [2.75, 3.05) is 6.61 Å². The van der Waals surface area contributed by atoms with Gasteiger partial charge in [-0.15, -0.1) is 10.2 Å². The van der Waals surface area contributed by atoms with Crippen molar-refractivity contribution in [1.82, 2.24) is 19.7 Å². The van der Waals surface area contributed by atoms with Crippen LogP contribution in [0.1, 0.15) is 26.2 Å². The number of rotatable bonds is 9. The zero-order valence-electron chi connectivity index (χ0n) is 17.8. The largest absolute Gasteiger partial charge is 0.420 e. The van der Waals surface area contributed by atoms with E-state index in [-0.39, 0.29) is 11.7 Å². The molecule has 0 aliphatic rings. The zero-order valence-corrected chi connectivity index (χ0v) is 19.4. The maximum atomic E-state index is 13.1. The number of benzene rings is 2. The summed E-state index contributed by atoms with van der Waals surface area (Å²) in [6, 6.07) is 14.6. The second-order valence-corrected chi connectivity index (χ2v) is 8.82. The molecule has 32 heavy (non-hydrogen) atoms. The molecule has 0 aliphatic carbocycles. The van der Waals surface area contributed by atoms with Crippen molar-refractivity contribution in [2.24, 2.45) is 0 Å². The topological polar surface area (TPSA) is 83.0 Å². The predicted molar refractivity (Wildman–Crippen MR) is 126 cm³/mol. The van der Waals surface area contributed by atoms with Crippen LogP contribution in [-0.2, 0) is 17.0 Å². The molecule has 0 aliphatic heterocycles. The number of hydrogen-bond donors (Lipinski definition) is 0. The Hall–Kier alpha value is -2.68. The summed E-state index contributed by atoms with van der Waals surface area (Å²) >= 11 is 7.34. The van der Waals surface area contributed by atoms with Crippen molar-refractivity contribution < 1.29 is 9.15 Å². The van der Waals surface area contributed by atoms with E-state index < -0.39 is 0 Å². The van der Waals surface area contributed by atoms with E-state index in [9.17, 15) is 4.79 Å². The second-order valence-electron chi connectivity index (χ2n) is 7.44. The van der Waals surface area contributed by atoms with Gasteiger partial charge in [0.1, 0.15) is 0 Å². The Balaban J connectivity index is 1.54. The van der Waals surface area contributed by atoms with Gasteiger partial charge in [-0.3, -0.25) is 9.36 Å². The summed E-state index contributed by atoms with van der Waals surface area (Å²) in [5, 5.41) is 10.1. The Kier molecular flexibility index (Phi) is 7.24. The number of halogens is 1. The highest BCUT2D eigenvalue weighted by Crippen LogP contribution is 2.25. The van der Waals surface area contributed by atoms with Gasteiger partial charge >= 0.3 is 0 Å². The summed E-state index contributed by atoms with van der Waals surface area (Å²) in [5.74, 6) is 1.28. The summed E-state index contributed by atoms with van der Waals surface area (Å²) in [6.07, 6.45) is 0.870. The van der Waals surface area contributed by atoms with Gasteiger partial charge in [0.05, 0.1) is 22.8 Å². The van der Waals surface area contributed by atoms with Crippen molar-refractivity contribution >= 4 is 34.3 Å². The first-order chi connectivity index (χ1) is 15.5. The first kappa shape index (κ1) is 22.5. The van der Waals surface area contributed by atoms with Gasteiger partial charge in [0, 0.05) is 23.7 Å². The molecule has 166 valence electrons. The third-order valence-corrected chi connectivity index (χ3v) is 5.90. The van der Waals surface area contributed by atoms with Gasteiger partial charge in [0.15, 0.2) is 5.16 Å². The molecular weight excluding hydrogens is 448 g/mol. The average molecular weight is 471 g/mol. The average Bonchev–Trinajstić information content (AvgIpc) is 3.26. The van der Waals surface area contributed by atoms with E-state index in [1.54, 1.807) is 22.8 Å². The molecule has 4 aromatic rings. The van der Waals surface area contributed by atoms with Crippen molar-refractivity contribution in [3.05, 3.63) is 69.8 Å². The van der Waals surface area contributed by atoms with E-state index in [1.165, 1.54) is 11.8 Å². The normalized spacial score (nSPS) is 11.5. The van der Waals surface area contributed by atoms with Gasteiger partial charge in [-0.2, -0.15) is 0 Å². The van der Waals surface area contributed by atoms with E-state index in [0.717, 1.165) is 5.56 Å². The molecule has 2 aromatic heterocycles. The first-order valence-corrected chi connectivity index (χ1v) is 11.7. The molecule has 4 rings (SSSR count). The van der Waals surface area contributed by atoms with E-state index >= 15 is 0 Å². The minimum absolute atomic E-state index is 0.0602. The molecule has 2 heterocycles. The highest BCUT2D eigenvalue weighted by Gasteiger charge is 2.14. The van der Waals surface area contributed by atoms with Crippen LogP contribution in [0.25, 0.3) is 22.4 Å². The molecule has 0 saturated carbocycles. The van der Waals surface area contributed by atoms with Crippen LogP contribution in [-0.4, -0.2) is 32.5 Å². The molecule has 0 spiro atoms. The molecule has 0 unspecified atom stereocenters. The van der Waals surface area contributed by atoms with Crippen molar-refractivity contribution in [3.63, 3.8) is 0 Å². The summed E-state index contributed by atoms with van der Waals surface area (Å²) in [6.45, 7) is 5.09. The van der Waals surface area contributed by atoms with Crippen LogP contribution < -0.4 is 5.56 Å². The van der Waals surface area contributed by atoms with Gasteiger partial charge in [-0.05, 0) is 56.7 Å². The third-order valence-electron chi connectivity index (χ3n) is 4.69. The summed E-state index contributed by atoms with van der Waals surface area (Å²) in [5.41, 5.74) is 1.40. The fraction of sp³-hybridized carbons (Fsp3) is 0.304. The van der Waals surface area contributed by atoms with E-state index in [4.69, 9.17) is 25.7 Å². The Morgan fingerprint density at radius 2 is 1.91 bits per heavy atom. The monoisotopic (exact) mass is 470 g/mol. The van der Waals surface area contributed by atoms with Crippen LogP contribution in [0.5, 0.6) is 0 Å². The lowest BCUT2D eigenvalue weighted by atomic mass is 10.2. The van der Waals surface area contributed by atoms with Gasteiger partial charge in [0.2, 0.25) is 11.8 Å². The number of aromatic nitrogens is 4. The summed E-state index contributed by atoms with van der Waals surface area (Å²) in [4.78, 5) is 17.8. The standard InChI is InChI=1S/C23H23ClN4O3S/c1-15(2)30-13-5-12-28-22(29)18-6-3-4-7-19(18)25-23(28)32-14-20-26-27-21(31-20)16-8-10-17(24)11-9-16/h3-4,6-11,15H,5,12-14H2,1-2H3. The number of nitrogens with zero attached hydrogens (tertiary/aromatic N) is 4. The predicted octanol–water partition coefficient (Wildman–Crippen LogP) is 5.21. The Morgan fingerprint density at radius 3 is 2.69 bits per heavy atom. The maximum absolute atomic E-state index is 13.1. The molecule has 2 aromatic carbocycles. The van der Waals surface area contributed by atoms with Crippen LogP contribution in [0.3, 0.4) is 0 Å². The summed E-state index contributed by atoms with van der Waals surface area (Å²) in [7, 11) is 0. The SMILES string of the molecule is CC(C)OCCCn1c(SCc2nnc(-c3ccc(Cl)cc3)o2)nc2ccccc2c1=O. The maximum Gasteiger partial charge on any atom is 0.262 e. The highest BCUT2D eigenvalue weighted by molar-refractivity contribution is 7.98. The fourth-order valence-corrected chi connectivity index (χ4v) is 4.13. The van der Waals surface area contributed by atoms with Crippen LogP contribution in [0.2, 0.25) is 5.02 Å². The molecular formula is C23H23ClN4O3S. The van der Waals surface area contributed by atoms with Gasteiger partial charge in [-0.25, -0.2) is 4.98 Å². The Bertz CT molecular complexity index is 1250. The Morgan fingerprint density at radius 1 is 1.12 bits per heavy atom. The van der Waals surface area contributed by atoms with Crippen LogP contribution in [0, 0.1) is 0 Å². The first-order valence-electron chi connectivity index (χ1n) is 10.3. The minimum atomic E-state index is -0.0602. The van der Waals surface area contributed by atoms with Crippen molar-refractivity contribution in [3.8, 4) is 11.5 Å². The molecule has 0 radical (unpaired) electrons. The van der Waals surface area contributed by atoms with E-state index in [2.05, 4.69) is 10.2 Å². The Labute approximate surface area is 194 Å². The lowest BCUT2D eigenvalue weighted by molar-refractivity contribution is 0.0743. The smallest absolute Gasteiger partial charge is 0.262 e. The highest BCUT2D eigenvalue weighted by atomic mass is 35.5. The molecule has 9 heteroatoms. The molecule has 0 saturated heterocycles. The van der Waals surface area contributed by atoms with E-state index in [1.807, 2.05) is 44.2 Å². The molecule has 0 amide bonds. The lowest BCUT2D eigenvalue weighted by Crippen LogP contribution is -2.24. The number of ether oxygens (including phenoxy) is 1. The molecule has 0 N–H and O–H groups in total. The quantitative estimate of drug-likeness (QED) is 0.189. The van der Waals surface area contributed by atoms with Crippen LogP contribution >= 0.6 is 23.4 Å². The third kappa shape index (κ3) is 5.38. The van der Waals surface area contributed by atoms with E-state index in [0.29, 0.717) is 58.2 Å². The second kappa shape index (κ2) is 10.3. The number of hydrogen-bond acceptors (Lipinski definition) is 7.